The number of rotatable bonds is 5. The highest BCUT2D eigenvalue weighted by atomic mass is 32.1. The number of carbonyl (C=O) groups is 3. The Hall–Kier alpha value is -2.74. The van der Waals surface area contributed by atoms with Gasteiger partial charge in [-0.05, 0) is 36.4 Å². The zero-order valence-corrected chi connectivity index (χ0v) is 15.2. The van der Waals surface area contributed by atoms with Gasteiger partial charge in [0.2, 0.25) is 5.91 Å². The molecule has 1 saturated carbocycles. The number of anilines is 2. The van der Waals surface area contributed by atoms with Gasteiger partial charge in [0.05, 0.1) is 23.1 Å². The first kappa shape index (κ1) is 19.0. The second kappa shape index (κ2) is 8.30. The number of carboxylic acids is 1. The van der Waals surface area contributed by atoms with Crippen LogP contribution in [0.5, 0.6) is 0 Å². The number of carbonyl (C=O) groups excluding carboxylic acids is 2. The molecule has 1 aromatic heterocycles. The zero-order chi connectivity index (χ0) is 19.4. The molecule has 2 aromatic rings. The summed E-state index contributed by atoms with van der Waals surface area (Å²) in [6.07, 6.45) is 2.56. The number of amides is 2. The van der Waals surface area contributed by atoms with Gasteiger partial charge in [0.25, 0.3) is 5.91 Å². The molecule has 8 heteroatoms. The second-order valence-electron chi connectivity index (χ2n) is 6.42. The lowest BCUT2D eigenvalue weighted by Crippen LogP contribution is -2.36. The molecule has 2 amide bonds. The highest BCUT2D eigenvalue weighted by Crippen LogP contribution is 2.33. The summed E-state index contributed by atoms with van der Waals surface area (Å²) in [6, 6.07) is 7.33. The van der Waals surface area contributed by atoms with Crippen molar-refractivity contribution in [2.45, 2.75) is 25.7 Å². The van der Waals surface area contributed by atoms with Crippen molar-refractivity contribution >= 4 is 39.8 Å². The lowest BCUT2D eigenvalue weighted by Gasteiger charge is -2.27. The van der Waals surface area contributed by atoms with Crippen molar-refractivity contribution < 1.29 is 23.9 Å². The lowest BCUT2D eigenvalue weighted by atomic mass is 9.79. The third-order valence-electron chi connectivity index (χ3n) is 4.69. The van der Waals surface area contributed by atoms with Gasteiger partial charge in [-0.3, -0.25) is 14.4 Å². The van der Waals surface area contributed by atoms with Gasteiger partial charge < -0.3 is 15.7 Å². The van der Waals surface area contributed by atoms with Crippen LogP contribution in [0.2, 0.25) is 0 Å². The average molecular weight is 390 g/mol. The van der Waals surface area contributed by atoms with Gasteiger partial charge in [0.15, 0.2) is 0 Å². The minimum absolute atomic E-state index is 0.0456. The molecule has 0 radical (unpaired) electrons. The fraction of sp³-hybridized carbons (Fsp3) is 0.316. The van der Waals surface area contributed by atoms with Gasteiger partial charge in [-0.1, -0.05) is 25.0 Å². The number of nitrogens with one attached hydrogen (secondary N) is 2. The SMILES string of the molecule is O=C(Nc1ccccc1F)c1ccsc1NC(=O)[C@@H]1CCCC[C@@H]1C(=O)O. The Kier molecular flexibility index (Phi) is 5.85. The maximum Gasteiger partial charge on any atom is 0.307 e. The van der Waals surface area contributed by atoms with Gasteiger partial charge in [0, 0.05) is 0 Å². The Balaban J connectivity index is 1.73. The number of halogens is 1. The van der Waals surface area contributed by atoms with Crippen LogP contribution in [0.25, 0.3) is 0 Å². The van der Waals surface area contributed by atoms with Gasteiger partial charge in [-0.25, -0.2) is 4.39 Å². The molecule has 3 rings (SSSR count). The van der Waals surface area contributed by atoms with Crippen molar-refractivity contribution in [3.05, 3.63) is 47.1 Å². The first-order valence-corrected chi connectivity index (χ1v) is 9.52. The summed E-state index contributed by atoms with van der Waals surface area (Å²) in [4.78, 5) is 36.5. The van der Waals surface area contributed by atoms with E-state index in [2.05, 4.69) is 10.6 Å². The molecular weight excluding hydrogens is 371 g/mol. The van der Waals surface area contributed by atoms with E-state index in [1.54, 1.807) is 11.4 Å². The third-order valence-corrected chi connectivity index (χ3v) is 5.52. The molecule has 0 aliphatic heterocycles. The van der Waals surface area contributed by atoms with Gasteiger partial charge in [-0.15, -0.1) is 11.3 Å². The molecule has 142 valence electrons. The summed E-state index contributed by atoms with van der Waals surface area (Å²) in [6.45, 7) is 0. The van der Waals surface area contributed by atoms with Crippen molar-refractivity contribution in [1.29, 1.82) is 0 Å². The maximum absolute atomic E-state index is 13.7. The summed E-state index contributed by atoms with van der Waals surface area (Å²) < 4.78 is 13.7. The Bertz CT molecular complexity index is 867. The molecule has 3 N–H and O–H groups in total. The largest absolute Gasteiger partial charge is 0.481 e. The number of benzene rings is 1. The summed E-state index contributed by atoms with van der Waals surface area (Å²) >= 11 is 1.16. The van der Waals surface area contributed by atoms with Crippen molar-refractivity contribution in [1.82, 2.24) is 0 Å². The quantitative estimate of drug-likeness (QED) is 0.720. The number of carboxylic acid groups (broad SMARTS) is 1. The normalized spacial score (nSPS) is 19.3. The van der Waals surface area contributed by atoms with E-state index in [0.717, 1.165) is 24.2 Å². The van der Waals surface area contributed by atoms with Crippen LogP contribution in [-0.2, 0) is 9.59 Å². The van der Waals surface area contributed by atoms with Crippen molar-refractivity contribution in [3.8, 4) is 0 Å². The van der Waals surface area contributed by atoms with E-state index < -0.39 is 35.4 Å². The minimum atomic E-state index is -0.974. The first-order valence-electron chi connectivity index (χ1n) is 8.64. The topological polar surface area (TPSA) is 95.5 Å². The van der Waals surface area contributed by atoms with Crippen molar-refractivity contribution in [3.63, 3.8) is 0 Å². The minimum Gasteiger partial charge on any atom is -0.481 e. The number of hydrogen-bond acceptors (Lipinski definition) is 4. The molecule has 0 bridgehead atoms. The summed E-state index contributed by atoms with van der Waals surface area (Å²) in [5.41, 5.74) is 0.253. The highest BCUT2D eigenvalue weighted by molar-refractivity contribution is 7.14. The molecule has 1 heterocycles. The molecule has 0 saturated heterocycles. The van der Waals surface area contributed by atoms with Crippen molar-refractivity contribution in [2.75, 3.05) is 10.6 Å². The van der Waals surface area contributed by atoms with Crippen LogP contribution in [0.3, 0.4) is 0 Å². The molecular formula is C19H19FN2O4S. The molecule has 1 fully saturated rings. The van der Waals surface area contributed by atoms with E-state index >= 15 is 0 Å². The monoisotopic (exact) mass is 390 g/mol. The Labute approximate surface area is 159 Å². The predicted octanol–water partition coefficient (Wildman–Crippen LogP) is 3.97. The van der Waals surface area contributed by atoms with Crippen LogP contribution in [0.4, 0.5) is 15.1 Å². The highest BCUT2D eigenvalue weighted by Gasteiger charge is 2.36. The van der Waals surface area contributed by atoms with E-state index in [9.17, 15) is 23.9 Å². The Morgan fingerprint density at radius 2 is 1.74 bits per heavy atom. The molecule has 27 heavy (non-hydrogen) atoms. The Morgan fingerprint density at radius 1 is 1.04 bits per heavy atom. The standard InChI is InChI=1S/C19H19FN2O4S/c20-14-7-3-4-8-15(14)21-17(24)13-9-10-27-18(13)22-16(23)11-5-1-2-6-12(11)19(25)26/h3-4,7-12H,1-2,5-6H2,(H,21,24)(H,22,23)(H,25,26)/t11-,12+/m1/s1. The Morgan fingerprint density at radius 3 is 2.44 bits per heavy atom. The number of hydrogen-bond donors (Lipinski definition) is 3. The molecule has 2 atom stereocenters. The van der Waals surface area contributed by atoms with Gasteiger partial charge in [0.1, 0.15) is 10.8 Å². The lowest BCUT2D eigenvalue weighted by molar-refractivity contribution is -0.147. The van der Waals surface area contributed by atoms with Gasteiger partial charge in [-0.2, -0.15) is 0 Å². The smallest absolute Gasteiger partial charge is 0.307 e. The van der Waals surface area contributed by atoms with E-state index in [1.165, 1.54) is 24.3 Å². The van der Waals surface area contributed by atoms with Gasteiger partial charge >= 0.3 is 5.97 Å². The van der Waals surface area contributed by atoms with Crippen LogP contribution >= 0.6 is 11.3 Å². The summed E-state index contributed by atoms with van der Waals surface area (Å²) in [7, 11) is 0. The number of aliphatic carboxylic acids is 1. The van der Waals surface area contributed by atoms with Crippen molar-refractivity contribution in [2.24, 2.45) is 11.8 Å². The van der Waals surface area contributed by atoms with E-state index in [-0.39, 0.29) is 11.3 Å². The van der Waals surface area contributed by atoms with Crippen LogP contribution < -0.4 is 10.6 Å². The summed E-state index contributed by atoms with van der Waals surface area (Å²) in [5, 5.41) is 16.5. The maximum atomic E-state index is 13.7. The van der Waals surface area contributed by atoms with Crippen LogP contribution in [-0.4, -0.2) is 22.9 Å². The second-order valence-corrected chi connectivity index (χ2v) is 7.34. The number of para-hydroxylation sites is 1. The van der Waals surface area contributed by atoms with Crippen LogP contribution in [0.1, 0.15) is 36.0 Å². The van der Waals surface area contributed by atoms with Crippen LogP contribution in [0, 0.1) is 17.7 Å². The first-order chi connectivity index (χ1) is 13.0. The fourth-order valence-electron chi connectivity index (χ4n) is 3.28. The van der Waals surface area contributed by atoms with E-state index in [4.69, 9.17) is 0 Å². The predicted molar refractivity (Wildman–Crippen MR) is 100 cm³/mol. The van der Waals surface area contributed by atoms with E-state index in [0.29, 0.717) is 17.8 Å². The molecule has 0 spiro atoms. The molecule has 1 aliphatic rings. The molecule has 1 aliphatic carbocycles. The zero-order valence-electron chi connectivity index (χ0n) is 14.4. The third kappa shape index (κ3) is 4.33. The van der Waals surface area contributed by atoms with E-state index in [1.807, 2.05) is 0 Å². The molecule has 1 aromatic carbocycles. The fourth-order valence-corrected chi connectivity index (χ4v) is 4.07. The summed E-state index contributed by atoms with van der Waals surface area (Å²) in [5.74, 6) is -3.81. The molecule has 0 unspecified atom stereocenters. The average Bonchev–Trinajstić information content (AvgIpc) is 3.11. The van der Waals surface area contributed by atoms with Crippen LogP contribution in [0.15, 0.2) is 35.7 Å². The number of thiophene rings is 1. The molecule has 6 nitrogen and oxygen atoms in total.